The molecule has 0 spiro atoms. The molecule has 3 heterocycles. The minimum atomic E-state index is -0.190. The molecule has 1 aliphatic rings. The molecule has 3 rings (SSSR count). The molecule has 2 unspecified atom stereocenters. The molecule has 0 bridgehead atoms. The summed E-state index contributed by atoms with van der Waals surface area (Å²) in [4.78, 5) is 17.0. The number of rotatable bonds is 5. The first-order valence-electron chi connectivity index (χ1n) is 9.02. The number of carbonyl (C=O) groups excluding carboxylic acids is 1. The Labute approximate surface area is 148 Å². The van der Waals surface area contributed by atoms with Crippen LogP contribution in [-0.2, 0) is 13.0 Å². The summed E-state index contributed by atoms with van der Waals surface area (Å²) in [6.45, 7) is 9.01. The Balaban J connectivity index is 1.62. The normalized spacial score (nSPS) is 18.0. The van der Waals surface area contributed by atoms with Crippen LogP contribution in [0, 0.1) is 0 Å². The predicted octanol–water partition coefficient (Wildman–Crippen LogP) is 2.51. The van der Waals surface area contributed by atoms with Gasteiger partial charge in [0.15, 0.2) is 5.82 Å². The first-order valence-corrected chi connectivity index (χ1v) is 9.02. The summed E-state index contributed by atoms with van der Waals surface area (Å²) in [7, 11) is 0. The lowest BCUT2D eigenvalue weighted by Gasteiger charge is -2.24. The molecule has 136 valence electrons. The van der Waals surface area contributed by atoms with Crippen LogP contribution in [0.3, 0.4) is 0 Å². The quantitative estimate of drug-likeness (QED) is 0.871. The summed E-state index contributed by atoms with van der Waals surface area (Å²) in [6, 6.07) is -0.0901. The van der Waals surface area contributed by atoms with Gasteiger partial charge in [-0.3, -0.25) is 4.68 Å². The molecule has 2 aromatic heterocycles. The van der Waals surface area contributed by atoms with Crippen molar-refractivity contribution in [1.29, 1.82) is 0 Å². The number of urea groups is 1. The van der Waals surface area contributed by atoms with Gasteiger partial charge in [-0.05, 0) is 33.6 Å². The van der Waals surface area contributed by atoms with E-state index in [4.69, 9.17) is 0 Å². The van der Waals surface area contributed by atoms with Gasteiger partial charge < -0.3 is 10.6 Å². The SMILES string of the molecule is CCc1nc2n(n1)CCCC2NC(=O)NC(C)c1cnn(C(C)C)c1. The third kappa shape index (κ3) is 3.83. The molecule has 2 aromatic rings. The zero-order valence-electron chi connectivity index (χ0n) is 15.4. The second-order valence-corrected chi connectivity index (χ2v) is 6.84. The number of nitrogens with one attached hydrogen (secondary N) is 2. The molecule has 25 heavy (non-hydrogen) atoms. The van der Waals surface area contributed by atoms with Crippen molar-refractivity contribution in [1.82, 2.24) is 35.2 Å². The van der Waals surface area contributed by atoms with Crippen molar-refractivity contribution in [3.8, 4) is 0 Å². The second kappa shape index (κ2) is 7.25. The molecule has 2 amide bonds. The van der Waals surface area contributed by atoms with Gasteiger partial charge in [-0.2, -0.15) is 10.2 Å². The van der Waals surface area contributed by atoms with Gasteiger partial charge in [0, 0.05) is 30.8 Å². The Hall–Kier alpha value is -2.38. The summed E-state index contributed by atoms with van der Waals surface area (Å²) < 4.78 is 3.81. The van der Waals surface area contributed by atoms with E-state index in [1.807, 2.05) is 29.4 Å². The third-order valence-electron chi connectivity index (χ3n) is 4.54. The lowest BCUT2D eigenvalue weighted by molar-refractivity contribution is 0.229. The maximum Gasteiger partial charge on any atom is 0.315 e. The van der Waals surface area contributed by atoms with Crippen molar-refractivity contribution in [2.24, 2.45) is 0 Å². The Morgan fingerprint density at radius 2 is 2.20 bits per heavy atom. The minimum Gasteiger partial charge on any atom is -0.332 e. The second-order valence-electron chi connectivity index (χ2n) is 6.84. The summed E-state index contributed by atoms with van der Waals surface area (Å²) in [5, 5.41) is 14.8. The summed E-state index contributed by atoms with van der Waals surface area (Å²) >= 11 is 0. The molecule has 0 aromatic carbocycles. The Morgan fingerprint density at radius 3 is 2.88 bits per heavy atom. The summed E-state index contributed by atoms with van der Waals surface area (Å²) in [5.74, 6) is 1.69. The highest BCUT2D eigenvalue weighted by atomic mass is 16.2. The van der Waals surface area contributed by atoms with E-state index in [1.54, 1.807) is 6.20 Å². The van der Waals surface area contributed by atoms with Gasteiger partial charge >= 0.3 is 6.03 Å². The molecule has 0 saturated carbocycles. The standard InChI is InChI=1S/C17H27N7O/c1-5-15-21-16-14(7-6-8-23(16)22-15)20-17(25)19-12(4)13-9-18-24(10-13)11(2)3/h9-12,14H,5-8H2,1-4H3,(H2,19,20,25). The van der Waals surface area contributed by atoms with Crippen LogP contribution in [-0.4, -0.2) is 30.6 Å². The van der Waals surface area contributed by atoms with Gasteiger partial charge in [0.2, 0.25) is 0 Å². The van der Waals surface area contributed by atoms with Crippen LogP contribution in [0.2, 0.25) is 0 Å². The summed E-state index contributed by atoms with van der Waals surface area (Å²) in [6.07, 6.45) is 6.45. The van der Waals surface area contributed by atoms with Gasteiger partial charge in [0.05, 0.1) is 18.3 Å². The predicted molar refractivity (Wildman–Crippen MR) is 94.1 cm³/mol. The van der Waals surface area contributed by atoms with Crippen LogP contribution in [0.5, 0.6) is 0 Å². The van der Waals surface area contributed by atoms with Crippen LogP contribution in [0.25, 0.3) is 0 Å². The Kier molecular flexibility index (Phi) is 5.06. The number of carbonyl (C=O) groups is 1. The number of aromatic nitrogens is 5. The zero-order valence-corrected chi connectivity index (χ0v) is 15.4. The maximum atomic E-state index is 12.4. The van der Waals surface area contributed by atoms with Crippen molar-refractivity contribution < 1.29 is 4.79 Å². The molecule has 8 nitrogen and oxygen atoms in total. The molecule has 0 aliphatic carbocycles. The average molecular weight is 345 g/mol. The monoisotopic (exact) mass is 345 g/mol. The highest BCUT2D eigenvalue weighted by Crippen LogP contribution is 2.23. The number of amides is 2. The molecule has 0 saturated heterocycles. The number of hydrogen-bond acceptors (Lipinski definition) is 4. The highest BCUT2D eigenvalue weighted by molar-refractivity contribution is 5.74. The molecular formula is C17H27N7O. The third-order valence-corrected chi connectivity index (χ3v) is 4.54. The first kappa shape index (κ1) is 17.4. The zero-order chi connectivity index (χ0) is 18.0. The van der Waals surface area contributed by atoms with Crippen molar-refractivity contribution in [2.45, 2.75) is 71.6 Å². The molecule has 0 fully saturated rings. The molecule has 2 atom stereocenters. The van der Waals surface area contributed by atoms with E-state index in [-0.39, 0.29) is 18.1 Å². The lowest BCUT2D eigenvalue weighted by Crippen LogP contribution is -2.41. The van der Waals surface area contributed by atoms with Crippen LogP contribution in [0.15, 0.2) is 12.4 Å². The largest absolute Gasteiger partial charge is 0.332 e. The van der Waals surface area contributed by atoms with E-state index in [2.05, 4.69) is 39.7 Å². The van der Waals surface area contributed by atoms with Crippen LogP contribution < -0.4 is 10.6 Å². The van der Waals surface area contributed by atoms with Crippen molar-refractivity contribution in [3.63, 3.8) is 0 Å². The van der Waals surface area contributed by atoms with Crippen LogP contribution in [0.4, 0.5) is 4.79 Å². The van der Waals surface area contributed by atoms with Crippen molar-refractivity contribution >= 4 is 6.03 Å². The van der Waals surface area contributed by atoms with E-state index in [0.717, 1.165) is 43.0 Å². The molecule has 8 heteroatoms. The van der Waals surface area contributed by atoms with Crippen molar-refractivity contribution in [2.75, 3.05) is 0 Å². The lowest BCUT2D eigenvalue weighted by atomic mass is 10.1. The Bertz CT molecular complexity index is 733. The topological polar surface area (TPSA) is 89.7 Å². The van der Waals surface area contributed by atoms with Crippen LogP contribution >= 0.6 is 0 Å². The van der Waals surface area contributed by atoms with E-state index in [1.165, 1.54) is 0 Å². The molecule has 2 N–H and O–H groups in total. The average Bonchev–Trinajstić information content (AvgIpc) is 3.22. The molecule has 1 aliphatic heterocycles. The number of hydrogen-bond donors (Lipinski definition) is 2. The minimum absolute atomic E-state index is 0.0906. The number of fused-ring (bicyclic) bond motifs is 1. The highest BCUT2D eigenvalue weighted by Gasteiger charge is 2.26. The van der Waals surface area contributed by atoms with Gasteiger partial charge in [0.25, 0.3) is 0 Å². The fourth-order valence-electron chi connectivity index (χ4n) is 3.02. The summed E-state index contributed by atoms with van der Waals surface area (Å²) in [5.41, 5.74) is 0.990. The van der Waals surface area contributed by atoms with Gasteiger partial charge in [-0.25, -0.2) is 14.5 Å². The van der Waals surface area contributed by atoms with Gasteiger partial charge in [0.1, 0.15) is 5.82 Å². The van der Waals surface area contributed by atoms with E-state index < -0.39 is 0 Å². The van der Waals surface area contributed by atoms with Crippen LogP contribution in [0.1, 0.15) is 75.9 Å². The molecule has 0 radical (unpaired) electrons. The molecular weight excluding hydrogens is 318 g/mol. The fourth-order valence-corrected chi connectivity index (χ4v) is 3.02. The van der Waals surface area contributed by atoms with Gasteiger partial charge in [-0.1, -0.05) is 6.92 Å². The first-order chi connectivity index (χ1) is 12.0. The van der Waals surface area contributed by atoms with Crippen molar-refractivity contribution in [3.05, 3.63) is 29.6 Å². The number of nitrogens with zero attached hydrogens (tertiary/aromatic N) is 5. The fraction of sp³-hybridized carbons (Fsp3) is 0.647. The van der Waals surface area contributed by atoms with E-state index >= 15 is 0 Å². The maximum absolute atomic E-state index is 12.4. The smallest absolute Gasteiger partial charge is 0.315 e. The van der Waals surface area contributed by atoms with E-state index in [9.17, 15) is 4.79 Å². The van der Waals surface area contributed by atoms with E-state index in [0.29, 0.717) is 6.04 Å². The Morgan fingerprint density at radius 1 is 1.40 bits per heavy atom. The van der Waals surface area contributed by atoms with Gasteiger partial charge in [-0.15, -0.1) is 0 Å². The number of aryl methyl sites for hydroxylation is 2.